The molecular formula is C16H24N2O3. The minimum Gasteiger partial charge on any atom is -0.381 e. The van der Waals surface area contributed by atoms with Crippen LogP contribution in [0.2, 0.25) is 0 Å². The Morgan fingerprint density at radius 1 is 1.43 bits per heavy atom. The molecule has 5 heteroatoms. The molecule has 5 nitrogen and oxygen atoms in total. The normalized spacial score (nSPS) is 18.6. The maximum absolute atomic E-state index is 11.7. The van der Waals surface area contributed by atoms with E-state index < -0.39 is 0 Å². The van der Waals surface area contributed by atoms with Crippen molar-refractivity contribution in [1.82, 2.24) is 0 Å². The van der Waals surface area contributed by atoms with Gasteiger partial charge in [0.05, 0.1) is 26.2 Å². The van der Waals surface area contributed by atoms with Crippen molar-refractivity contribution in [3.8, 4) is 0 Å². The van der Waals surface area contributed by atoms with E-state index in [1.54, 1.807) is 0 Å². The first-order valence-corrected chi connectivity index (χ1v) is 7.52. The Bertz CT molecular complexity index is 447. The molecule has 1 aromatic carbocycles. The highest BCUT2D eigenvalue weighted by Gasteiger charge is 2.18. The van der Waals surface area contributed by atoms with Crippen molar-refractivity contribution < 1.29 is 14.3 Å². The maximum atomic E-state index is 11.7. The molecular weight excluding hydrogens is 268 g/mol. The summed E-state index contributed by atoms with van der Waals surface area (Å²) in [5, 5.41) is 2.88. The first-order chi connectivity index (χ1) is 10.2. The standard InChI is InChI=1S/C16H24N2O3/c1-3-20-10-8-16(19)17-14-4-6-15(7-5-14)18-9-11-21-12-13(18)2/h4-7,13H,3,8-12H2,1-2H3,(H,17,19). The number of amides is 1. The number of hydrogen-bond acceptors (Lipinski definition) is 4. The Balaban J connectivity index is 1.88. The summed E-state index contributed by atoms with van der Waals surface area (Å²) in [5.74, 6) is -0.0176. The molecule has 0 aliphatic carbocycles. The first kappa shape index (κ1) is 15.8. The lowest BCUT2D eigenvalue weighted by atomic mass is 10.2. The van der Waals surface area contributed by atoms with Crippen LogP contribution in [0.1, 0.15) is 20.3 Å². The minimum absolute atomic E-state index is 0.0176. The molecule has 0 bridgehead atoms. The summed E-state index contributed by atoms with van der Waals surface area (Å²) in [6, 6.07) is 8.34. The van der Waals surface area contributed by atoms with Gasteiger partial charge in [-0.3, -0.25) is 4.79 Å². The van der Waals surface area contributed by atoms with E-state index >= 15 is 0 Å². The third-order valence-electron chi connectivity index (χ3n) is 3.53. The van der Waals surface area contributed by atoms with E-state index in [0.717, 1.165) is 31.1 Å². The van der Waals surface area contributed by atoms with Crippen molar-refractivity contribution in [2.75, 3.05) is 43.2 Å². The van der Waals surface area contributed by atoms with Crippen molar-refractivity contribution in [3.63, 3.8) is 0 Å². The Hall–Kier alpha value is -1.59. The number of anilines is 2. The van der Waals surface area contributed by atoms with Gasteiger partial charge in [0.25, 0.3) is 0 Å². The molecule has 1 fully saturated rings. The van der Waals surface area contributed by atoms with Crippen molar-refractivity contribution >= 4 is 17.3 Å². The highest BCUT2D eigenvalue weighted by atomic mass is 16.5. The number of benzene rings is 1. The fourth-order valence-electron chi connectivity index (χ4n) is 2.38. The Morgan fingerprint density at radius 2 is 2.19 bits per heavy atom. The average molecular weight is 292 g/mol. The second kappa shape index (κ2) is 8.00. The number of nitrogens with one attached hydrogen (secondary N) is 1. The van der Waals surface area contributed by atoms with Crippen LogP contribution in [0, 0.1) is 0 Å². The number of rotatable bonds is 6. The molecule has 0 spiro atoms. The molecule has 1 unspecified atom stereocenters. The summed E-state index contributed by atoms with van der Waals surface area (Å²) >= 11 is 0. The van der Waals surface area contributed by atoms with E-state index in [-0.39, 0.29) is 5.91 Å². The molecule has 1 atom stereocenters. The van der Waals surface area contributed by atoms with Gasteiger partial charge in [0.15, 0.2) is 0 Å². The third kappa shape index (κ3) is 4.72. The minimum atomic E-state index is -0.0176. The average Bonchev–Trinajstić information content (AvgIpc) is 2.49. The van der Waals surface area contributed by atoms with Gasteiger partial charge in [-0.15, -0.1) is 0 Å². The largest absolute Gasteiger partial charge is 0.381 e. The van der Waals surface area contributed by atoms with Crippen molar-refractivity contribution in [3.05, 3.63) is 24.3 Å². The van der Waals surface area contributed by atoms with Gasteiger partial charge in [-0.25, -0.2) is 0 Å². The van der Waals surface area contributed by atoms with E-state index in [4.69, 9.17) is 9.47 Å². The Morgan fingerprint density at radius 3 is 2.86 bits per heavy atom. The van der Waals surface area contributed by atoms with Gasteiger partial charge in [0.1, 0.15) is 0 Å². The van der Waals surface area contributed by atoms with Crippen LogP contribution in [-0.4, -0.2) is 44.9 Å². The summed E-state index contributed by atoms with van der Waals surface area (Å²) in [6.07, 6.45) is 0.385. The molecule has 116 valence electrons. The molecule has 1 heterocycles. The number of morpholine rings is 1. The molecule has 1 aromatic rings. The quantitative estimate of drug-likeness (QED) is 0.817. The van der Waals surface area contributed by atoms with E-state index in [1.165, 1.54) is 0 Å². The summed E-state index contributed by atoms with van der Waals surface area (Å²) in [4.78, 5) is 14.0. The fraction of sp³-hybridized carbons (Fsp3) is 0.562. The lowest BCUT2D eigenvalue weighted by Gasteiger charge is -2.35. The lowest BCUT2D eigenvalue weighted by molar-refractivity contribution is -0.117. The van der Waals surface area contributed by atoms with Crippen LogP contribution in [0.25, 0.3) is 0 Å². The maximum Gasteiger partial charge on any atom is 0.226 e. The molecule has 1 aliphatic rings. The molecule has 0 aromatic heterocycles. The van der Waals surface area contributed by atoms with Gasteiger partial charge in [-0.05, 0) is 38.1 Å². The summed E-state index contributed by atoms with van der Waals surface area (Å²) in [5.41, 5.74) is 1.99. The third-order valence-corrected chi connectivity index (χ3v) is 3.53. The fourth-order valence-corrected chi connectivity index (χ4v) is 2.38. The van der Waals surface area contributed by atoms with E-state index in [9.17, 15) is 4.79 Å². The van der Waals surface area contributed by atoms with Gasteiger partial charge in [0, 0.05) is 30.6 Å². The van der Waals surface area contributed by atoms with Crippen molar-refractivity contribution in [1.29, 1.82) is 0 Å². The summed E-state index contributed by atoms with van der Waals surface area (Å²) in [7, 11) is 0. The first-order valence-electron chi connectivity index (χ1n) is 7.52. The van der Waals surface area contributed by atoms with Crippen LogP contribution in [0.15, 0.2) is 24.3 Å². The van der Waals surface area contributed by atoms with Gasteiger partial charge in [-0.1, -0.05) is 0 Å². The number of hydrogen-bond donors (Lipinski definition) is 1. The predicted molar refractivity (Wildman–Crippen MR) is 83.8 cm³/mol. The molecule has 1 N–H and O–H groups in total. The van der Waals surface area contributed by atoms with Crippen LogP contribution in [0.5, 0.6) is 0 Å². The van der Waals surface area contributed by atoms with E-state index in [1.807, 2.05) is 31.2 Å². The van der Waals surface area contributed by atoms with Crippen molar-refractivity contribution in [2.24, 2.45) is 0 Å². The molecule has 0 saturated carbocycles. The Labute approximate surface area is 126 Å². The highest BCUT2D eigenvalue weighted by Crippen LogP contribution is 2.21. The van der Waals surface area contributed by atoms with E-state index in [0.29, 0.717) is 25.7 Å². The molecule has 1 aliphatic heterocycles. The topological polar surface area (TPSA) is 50.8 Å². The van der Waals surface area contributed by atoms with Crippen LogP contribution in [-0.2, 0) is 14.3 Å². The predicted octanol–water partition coefficient (Wildman–Crippen LogP) is 2.28. The van der Waals surface area contributed by atoms with Crippen molar-refractivity contribution in [2.45, 2.75) is 26.3 Å². The second-order valence-electron chi connectivity index (χ2n) is 5.16. The number of carbonyl (C=O) groups excluding carboxylic acids is 1. The van der Waals surface area contributed by atoms with Gasteiger partial charge < -0.3 is 19.7 Å². The molecule has 2 rings (SSSR count). The second-order valence-corrected chi connectivity index (χ2v) is 5.16. The van der Waals surface area contributed by atoms with Gasteiger partial charge in [0.2, 0.25) is 5.91 Å². The summed E-state index contributed by atoms with van der Waals surface area (Å²) in [6.45, 7) is 7.61. The molecule has 1 saturated heterocycles. The molecule has 21 heavy (non-hydrogen) atoms. The zero-order chi connectivity index (χ0) is 15.1. The van der Waals surface area contributed by atoms with Crippen LogP contribution < -0.4 is 10.2 Å². The van der Waals surface area contributed by atoms with E-state index in [2.05, 4.69) is 17.1 Å². The monoisotopic (exact) mass is 292 g/mol. The molecule has 1 amide bonds. The molecule has 0 radical (unpaired) electrons. The smallest absolute Gasteiger partial charge is 0.226 e. The van der Waals surface area contributed by atoms with Crippen LogP contribution in [0.4, 0.5) is 11.4 Å². The van der Waals surface area contributed by atoms with Gasteiger partial charge >= 0.3 is 0 Å². The van der Waals surface area contributed by atoms with Crippen LogP contribution in [0.3, 0.4) is 0 Å². The Kier molecular flexibility index (Phi) is 6.02. The van der Waals surface area contributed by atoms with Gasteiger partial charge in [-0.2, -0.15) is 0 Å². The SMILES string of the molecule is CCOCCC(=O)Nc1ccc(N2CCOCC2C)cc1. The van der Waals surface area contributed by atoms with Crippen LogP contribution >= 0.6 is 0 Å². The summed E-state index contributed by atoms with van der Waals surface area (Å²) < 4.78 is 10.6. The number of carbonyl (C=O) groups is 1. The lowest BCUT2D eigenvalue weighted by Crippen LogP contribution is -2.43. The zero-order valence-corrected chi connectivity index (χ0v) is 12.8. The zero-order valence-electron chi connectivity index (χ0n) is 12.8. The number of ether oxygens (including phenoxy) is 2. The number of nitrogens with zero attached hydrogens (tertiary/aromatic N) is 1. The highest BCUT2D eigenvalue weighted by molar-refractivity contribution is 5.90.